The number of carbonyl (C=O) groups excluding carboxylic acids is 2. The van der Waals surface area contributed by atoms with E-state index in [1.807, 2.05) is 6.92 Å². The molecule has 3 aromatic rings. The number of alkyl halides is 3. The van der Waals surface area contributed by atoms with Crippen LogP contribution in [0.2, 0.25) is 5.02 Å². The lowest BCUT2D eigenvalue weighted by molar-refractivity contribution is -0.139. The molecule has 3 aromatic carbocycles. The summed E-state index contributed by atoms with van der Waals surface area (Å²) < 4.78 is 70.4. The van der Waals surface area contributed by atoms with Crippen LogP contribution in [-0.2, 0) is 32.3 Å². The zero-order valence-corrected chi connectivity index (χ0v) is 27.1. The Balaban J connectivity index is 2.12. The molecule has 1 N–H and O–H groups in total. The van der Waals surface area contributed by atoms with Crippen molar-refractivity contribution in [2.45, 2.75) is 63.8 Å². The van der Waals surface area contributed by atoms with Crippen molar-refractivity contribution < 1.29 is 31.2 Å². The highest BCUT2D eigenvalue weighted by molar-refractivity contribution is 9.10. The third-order valence-electron chi connectivity index (χ3n) is 6.84. The van der Waals surface area contributed by atoms with E-state index in [1.54, 1.807) is 38.1 Å². The number of benzene rings is 3. The maximum Gasteiger partial charge on any atom is 0.417 e. The predicted octanol–water partition coefficient (Wildman–Crippen LogP) is 6.96. The van der Waals surface area contributed by atoms with Crippen molar-refractivity contribution in [1.82, 2.24) is 10.2 Å². The Bertz CT molecular complexity index is 1570. The number of aryl methyl sites for hydroxylation is 1. The molecule has 13 heteroatoms. The van der Waals surface area contributed by atoms with Crippen molar-refractivity contribution in [1.29, 1.82) is 0 Å². The minimum absolute atomic E-state index is 0.0692. The van der Waals surface area contributed by atoms with Gasteiger partial charge >= 0.3 is 6.18 Å². The first-order valence-electron chi connectivity index (χ1n) is 13.3. The molecule has 0 saturated heterocycles. The van der Waals surface area contributed by atoms with Crippen molar-refractivity contribution in [3.8, 4) is 0 Å². The van der Waals surface area contributed by atoms with Crippen LogP contribution in [0.5, 0.6) is 0 Å². The second-order valence-electron chi connectivity index (χ2n) is 10.1. The van der Waals surface area contributed by atoms with Gasteiger partial charge in [0.05, 0.1) is 21.2 Å². The summed E-state index contributed by atoms with van der Waals surface area (Å²) in [6, 6.07) is 14.1. The molecule has 0 heterocycles. The van der Waals surface area contributed by atoms with Crippen LogP contribution in [0.25, 0.3) is 0 Å². The standard InChI is InChI=1S/C30H32BrClF3N3O4S/c1-5-20(3)36-29(40)21(4)37(17-22-7-6-8-23(31)15-22)28(39)18-38(43(41,42)25-12-9-19(2)10-13-25)24-11-14-27(32)26(16-24)30(33,34)35/h6-16,20-21H,5,17-18H2,1-4H3,(H,36,40)/t20-,21+/m0/s1. The van der Waals surface area contributed by atoms with E-state index in [9.17, 15) is 31.2 Å². The van der Waals surface area contributed by atoms with E-state index < -0.39 is 56.9 Å². The summed E-state index contributed by atoms with van der Waals surface area (Å²) in [7, 11) is -4.56. The van der Waals surface area contributed by atoms with Crippen LogP contribution in [0.4, 0.5) is 18.9 Å². The van der Waals surface area contributed by atoms with Crippen molar-refractivity contribution >= 4 is 55.1 Å². The molecule has 0 aromatic heterocycles. The quantitative estimate of drug-likeness (QED) is 0.234. The summed E-state index contributed by atoms with van der Waals surface area (Å²) in [6.45, 7) is 5.99. The fraction of sp³-hybridized carbons (Fsp3) is 0.333. The molecular formula is C30H32BrClF3N3O4S. The first kappa shape index (κ1) is 34.4. The molecule has 0 spiro atoms. The number of amides is 2. The van der Waals surface area contributed by atoms with Gasteiger partial charge in [0.25, 0.3) is 10.0 Å². The smallest absolute Gasteiger partial charge is 0.352 e. The maximum atomic E-state index is 14.0. The molecule has 232 valence electrons. The van der Waals surface area contributed by atoms with Gasteiger partial charge in [0.1, 0.15) is 12.6 Å². The summed E-state index contributed by atoms with van der Waals surface area (Å²) in [4.78, 5) is 28.1. The lowest BCUT2D eigenvalue weighted by Gasteiger charge is -2.32. The lowest BCUT2D eigenvalue weighted by atomic mass is 10.1. The Labute approximate surface area is 263 Å². The summed E-state index contributed by atoms with van der Waals surface area (Å²) in [5.74, 6) is -1.26. The molecule has 2 atom stereocenters. The van der Waals surface area contributed by atoms with E-state index in [2.05, 4.69) is 21.2 Å². The molecule has 0 fully saturated rings. The summed E-state index contributed by atoms with van der Waals surface area (Å²) >= 11 is 9.19. The van der Waals surface area contributed by atoms with E-state index in [1.165, 1.54) is 36.1 Å². The second-order valence-corrected chi connectivity index (χ2v) is 13.3. The summed E-state index contributed by atoms with van der Waals surface area (Å²) in [5, 5.41) is 2.20. The molecule has 0 aliphatic carbocycles. The normalized spacial score (nSPS) is 13.2. The monoisotopic (exact) mass is 701 g/mol. The second kappa shape index (κ2) is 14.1. The SMILES string of the molecule is CC[C@H](C)NC(=O)[C@@H](C)N(Cc1cccc(Br)c1)C(=O)CN(c1ccc(Cl)c(C(F)(F)F)c1)S(=O)(=O)c1ccc(C)cc1. The molecule has 0 unspecified atom stereocenters. The van der Waals surface area contributed by atoms with Crippen molar-refractivity contribution in [3.63, 3.8) is 0 Å². The topological polar surface area (TPSA) is 86.8 Å². The van der Waals surface area contributed by atoms with Crippen LogP contribution in [0.15, 0.2) is 76.1 Å². The van der Waals surface area contributed by atoms with Crippen molar-refractivity contribution in [3.05, 3.63) is 92.9 Å². The van der Waals surface area contributed by atoms with Crippen LogP contribution >= 0.6 is 27.5 Å². The number of hydrogen-bond acceptors (Lipinski definition) is 4. The lowest BCUT2D eigenvalue weighted by Crippen LogP contribution is -2.52. The van der Waals surface area contributed by atoms with Gasteiger partial charge in [-0.2, -0.15) is 13.2 Å². The zero-order chi connectivity index (χ0) is 32.1. The number of carbonyl (C=O) groups is 2. The molecule has 43 heavy (non-hydrogen) atoms. The van der Waals surface area contributed by atoms with Gasteiger partial charge in [0.2, 0.25) is 11.8 Å². The fourth-order valence-electron chi connectivity index (χ4n) is 4.13. The molecule has 0 aliphatic rings. The summed E-state index contributed by atoms with van der Waals surface area (Å²) in [6.07, 6.45) is -4.25. The van der Waals surface area contributed by atoms with Gasteiger partial charge in [-0.25, -0.2) is 8.42 Å². The van der Waals surface area contributed by atoms with Crippen molar-refractivity contribution in [2.24, 2.45) is 0 Å². The van der Waals surface area contributed by atoms with Gasteiger partial charge in [-0.3, -0.25) is 13.9 Å². The van der Waals surface area contributed by atoms with E-state index >= 15 is 0 Å². The van der Waals surface area contributed by atoms with Gasteiger partial charge in [-0.05, 0) is 75.2 Å². The number of nitrogens with one attached hydrogen (secondary N) is 1. The zero-order valence-electron chi connectivity index (χ0n) is 24.0. The number of rotatable bonds is 11. The van der Waals surface area contributed by atoms with Crippen LogP contribution in [0, 0.1) is 6.92 Å². The average Bonchev–Trinajstić information content (AvgIpc) is 2.94. The largest absolute Gasteiger partial charge is 0.417 e. The Morgan fingerprint density at radius 2 is 1.67 bits per heavy atom. The highest BCUT2D eigenvalue weighted by atomic mass is 79.9. The molecule has 7 nitrogen and oxygen atoms in total. The molecule has 0 bridgehead atoms. The van der Waals surface area contributed by atoms with Gasteiger partial charge in [-0.15, -0.1) is 0 Å². The van der Waals surface area contributed by atoms with Gasteiger partial charge < -0.3 is 10.2 Å². The molecule has 2 amide bonds. The third kappa shape index (κ3) is 8.73. The maximum absolute atomic E-state index is 14.0. The van der Waals surface area contributed by atoms with Crippen LogP contribution < -0.4 is 9.62 Å². The Morgan fingerprint density at radius 3 is 2.26 bits per heavy atom. The Morgan fingerprint density at radius 1 is 1.02 bits per heavy atom. The molecular weight excluding hydrogens is 671 g/mol. The minimum Gasteiger partial charge on any atom is -0.352 e. The Hall–Kier alpha value is -3.09. The highest BCUT2D eigenvalue weighted by Crippen LogP contribution is 2.38. The van der Waals surface area contributed by atoms with Gasteiger partial charge in [0.15, 0.2) is 0 Å². The molecule has 0 aliphatic heterocycles. The van der Waals surface area contributed by atoms with E-state index in [-0.39, 0.29) is 17.5 Å². The molecule has 3 rings (SSSR count). The third-order valence-corrected chi connectivity index (χ3v) is 9.45. The highest BCUT2D eigenvalue weighted by Gasteiger charge is 2.37. The minimum atomic E-state index is -4.88. The van der Waals surface area contributed by atoms with E-state index in [0.717, 1.165) is 22.2 Å². The van der Waals surface area contributed by atoms with E-state index in [0.29, 0.717) is 22.4 Å². The number of nitrogens with zero attached hydrogens (tertiary/aromatic N) is 2. The Kier molecular flexibility index (Phi) is 11.3. The van der Waals surface area contributed by atoms with Crippen molar-refractivity contribution in [2.75, 3.05) is 10.8 Å². The number of halogens is 5. The summed E-state index contributed by atoms with van der Waals surface area (Å²) in [5.41, 5.74) is -0.265. The van der Waals surface area contributed by atoms with Gasteiger partial charge in [-0.1, -0.05) is 64.3 Å². The average molecular weight is 703 g/mol. The van der Waals surface area contributed by atoms with Crippen LogP contribution in [0.3, 0.4) is 0 Å². The van der Waals surface area contributed by atoms with Gasteiger partial charge in [0, 0.05) is 17.1 Å². The van der Waals surface area contributed by atoms with E-state index in [4.69, 9.17) is 11.6 Å². The fourth-order valence-corrected chi connectivity index (χ4v) is 6.21. The predicted molar refractivity (Wildman–Crippen MR) is 164 cm³/mol. The number of hydrogen-bond donors (Lipinski definition) is 1. The molecule has 0 radical (unpaired) electrons. The van der Waals surface area contributed by atoms with Crippen LogP contribution in [0.1, 0.15) is 43.9 Å². The first-order chi connectivity index (χ1) is 20.0. The van der Waals surface area contributed by atoms with Crippen LogP contribution in [-0.4, -0.2) is 43.8 Å². The number of anilines is 1. The first-order valence-corrected chi connectivity index (χ1v) is 16.0. The molecule has 0 saturated carbocycles. The number of sulfonamides is 1.